The van der Waals surface area contributed by atoms with Crippen molar-refractivity contribution < 1.29 is 4.79 Å². The smallest absolute Gasteiger partial charge is 0.134 e. The summed E-state index contributed by atoms with van der Waals surface area (Å²) >= 11 is 0. The van der Waals surface area contributed by atoms with Crippen LogP contribution in [0.4, 0.5) is 5.69 Å². The Kier molecular flexibility index (Phi) is 3.92. The highest BCUT2D eigenvalue weighted by Gasteiger charge is 2.53. The van der Waals surface area contributed by atoms with E-state index in [0.29, 0.717) is 12.6 Å². The predicted octanol–water partition coefficient (Wildman–Crippen LogP) is 3.76. The summed E-state index contributed by atoms with van der Waals surface area (Å²) in [6.07, 6.45) is 2.08. The molecule has 1 fully saturated rings. The van der Waals surface area contributed by atoms with Crippen LogP contribution in [0.5, 0.6) is 0 Å². The molecule has 2 aromatic rings. The number of hydrogen-bond donors (Lipinski definition) is 0. The first-order chi connectivity index (χ1) is 12.0. The maximum atomic E-state index is 11.5. The SMILES string of the molecule is CC(=O)Cc1ccc2c(c1)C1(C)CCN(Cc3ccccc3)C1N2C. The van der Waals surface area contributed by atoms with Gasteiger partial charge in [0.25, 0.3) is 0 Å². The van der Waals surface area contributed by atoms with E-state index in [9.17, 15) is 4.79 Å². The molecule has 0 bridgehead atoms. The van der Waals surface area contributed by atoms with Crippen LogP contribution >= 0.6 is 0 Å². The molecule has 3 nitrogen and oxygen atoms in total. The molecule has 0 saturated carbocycles. The standard InChI is InChI=1S/C22H26N2O/c1-16(25)13-18-9-10-20-19(14-18)22(2)11-12-24(21(22)23(20)3)15-17-7-5-4-6-8-17/h4-10,14,21H,11-13,15H2,1-3H3. The molecule has 0 N–H and O–H groups in total. The number of likely N-dealkylation sites (tertiary alicyclic amines) is 1. The Morgan fingerprint density at radius 3 is 2.64 bits per heavy atom. The summed E-state index contributed by atoms with van der Waals surface area (Å²) in [6.45, 7) is 6.15. The fourth-order valence-electron chi connectivity index (χ4n) is 4.84. The van der Waals surface area contributed by atoms with Crippen LogP contribution in [0.25, 0.3) is 0 Å². The van der Waals surface area contributed by atoms with Crippen molar-refractivity contribution in [1.82, 2.24) is 4.90 Å². The highest BCUT2D eigenvalue weighted by atomic mass is 16.1. The van der Waals surface area contributed by atoms with Gasteiger partial charge in [-0.2, -0.15) is 0 Å². The molecule has 2 aliphatic rings. The summed E-state index contributed by atoms with van der Waals surface area (Å²) < 4.78 is 0. The lowest BCUT2D eigenvalue weighted by atomic mass is 9.80. The fourth-order valence-corrected chi connectivity index (χ4v) is 4.84. The van der Waals surface area contributed by atoms with Gasteiger partial charge in [0.05, 0.1) is 6.17 Å². The summed E-state index contributed by atoms with van der Waals surface area (Å²) in [7, 11) is 2.21. The van der Waals surface area contributed by atoms with Crippen LogP contribution < -0.4 is 4.90 Å². The molecule has 0 aliphatic carbocycles. The lowest BCUT2D eigenvalue weighted by molar-refractivity contribution is -0.116. The number of anilines is 1. The second kappa shape index (κ2) is 5.99. The molecule has 2 heterocycles. The van der Waals surface area contributed by atoms with E-state index in [1.165, 1.54) is 16.8 Å². The van der Waals surface area contributed by atoms with Crippen LogP contribution in [-0.2, 0) is 23.2 Å². The van der Waals surface area contributed by atoms with Gasteiger partial charge >= 0.3 is 0 Å². The van der Waals surface area contributed by atoms with Gasteiger partial charge in [0.15, 0.2) is 0 Å². The third kappa shape index (κ3) is 2.67. The first-order valence-corrected chi connectivity index (χ1v) is 9.13. The average molecular weight is 334 g/mol. The quantitative estimate of drug-likeness (QED) is 0.851. The highest BCUT2D eigenvalue weighted by Crippen LogP contribution is 2.51. The van der Waals surface area contributed by atoms with E-state index < -0.39 is 0 Å². The normalized spacial score (nSPS) is 25.1. The van der Waals surface area contributed by atoms with E-state index in [0.717, 1.165) is 25.1 Å². The molecule has 0 radical (unpaired) electrons. The summed E-state index contributed by atoms with van der Waals surface area (Å²) in [5.74, 6) is 0.227. The summed E-state index contributed by atoms with van der Waals surface area (Å²) in [5.41, 5.74) is 5.37. The molecule has 2 atom stereocenters. The van der Waals surface area contributed by atoms with E-state index in [1.807, 2.05) is 0 Å². The van der Waals surface area contributed by atoms with E-state index in [1.54, 1.807) is 6.92 Å². The molecule has 0 spiro atoms. The Labute approximate surface area is 150 Å². The number of likely N-dealkylation sites (N-methyl/N-ethyl adjacent to an activating group) is 1. The van der Waals surface area contributed by atoms with Crippen molar-refractivity contribution in [1.29, 1.82) is 0 Å². The van der Waals surface area contributed by atoms with Crippen molar-refractivity contribution in [3.8, 4) is 0 Å². The number of benzene rings is 2. The largest absolute Gasteiger partial charge is 0.358 e. The molecule has 0 amide bonds. The molecule has 3 heteroatoms. The maximum absolute atomic E-state index is 11.5. The van der Waals surface area contributed by atoms with Crippen LogP contribution in [0, 0.1) is 0 Å². The average Bonchev–Trinajstić information content (AvgIpc) is 3.02. The third-order valence-corrected chi connectivity index (χ3v) is 5.94. The minimum Gasteiger partial charge on any atom is -0.358 e. The van der Waals surface area contributed by atoms with Crippen molar-refractivity contribution in [3.05, 3.63) is 65.2 Å². The maximum Gasteiger partial charge on any atom is 0.134 e. The highest BCUT2D eigenvalue weighted by molar-refractivity contribution is 5.79. The summed E-state index contributed by atoms with van der Waals surface area (Å²) in [6, 6.07) is 17.3. The van der Waals surface area contributed by atoms with Gasteiger partial charge in [-0.15, -0.1) is 0 Å². The van der Waals surface area contributed by atoms with E-state index in [-0.39, 0.29) is 11.2 Å². The van der Waals surface area contributed by atoms with E-state index in [2.05, 4.69) is 72.3 Å². The summed E-state index contributed by atoms with van der Waals surface area (Å²) in [5, 5.41) is 0. The van der Waals surface area contributed by atoms with E-state index in [4.69, 9.17) is 0 Å². The van der Waals surface area contributed by atoms with Gasteiger partial charge in [-0.3, -0.25) is 9.69 Å². The Balaban J connectivity index is 1.66. The number of carbonyl (C=O) groups is 1. The van der Waals surface area contributed by atoms with Gasteiger partial charge in [0.1, 0.15) is 5.78 Å². The minimum absolute atomic E-state index is 0.131. The first kappa shape index (κ1) is 16.3. The number of carbonyl (C=O) groups excluding carboxylic acids is 1. The van der Waals surface area contributed by atoms with Gasteiger partial charge in [0.2, 0.25) is 0 Å². The Hall–Kier alpha value is -2.13. The van der Waals surface area contributed by atoms with Gasteiger partial charge in [-0.1, -0.05) is 49.4 Å². The van der Waals surface area contributed by atoms with Crippen LogP contribution in [0.3, 0.4) is 0 Å². The third-order valence-electron chi connectivity index (χ3n) is 5.94. The van der Waals surface area contributed by atoms with Crippen molar-refractivity contribution in [3.63, 3.8) is 0 Å². The Bertz CT molecular complexity index is 801. The number of nitrogens with zero attached hydrogens (tertiary/aromatic N) is 2. The van der Waals surface area contributed by atoms with Crippen molar-refractivity contribution in [2.75, 3.05) is 18.5 Å². The Morgan fingerprint density at radius 2 is 1.92 bits per heavy atom. The predicted molar refractivity (Wildman–Crippen MR) is 102 cm³/mol. The van der Waals surface area contributed by atoms with Crippen LogP contribution in [0.1, 0.15) is 37.0 Å². The molecule has 130 valence electrons. The molecular weight excluding hydrogens is 308 g/mol. The van der Waals surface area contributed by atoms with Crippen LogP contribution in [0.2, 0.25) is 0 Å². The number of hydrogen-bond acceptors (Lipinski definition) is 3. The lowest BCUT2D eigenvalue weighted by Crippen LogP contribution is -2.46. The van der Waals surface area contributed by atoms with Gasteiger partial charge < -0.3 is 4.90 Å². The molecule has 2 unspecified atom stereocenters. The second-order valence-electron chi connectivity index (χ2n) is 7.84. The monoisotopic (exact) mass is 334 g/mol. The lowest BCUT2D eigenvalue weighted by Gasteiger charge is -2.34. The molecule has 1 saturated heterocycles. The second-order valence-corrected chi connectivity index (χ2v) is 7.84. The molecule has 2 aromatic carbocycles. The Morgan fingerprint density at radius 1 is 1.16 bits per heavy atom. The number of rotatable bonds is 4. The number of Topliss-reactive ketones (excluding diaryl/α,β-unsaturated/α-hetero) is 1. The molecular formula is C22H26N2O. The van der Waals surface area contributed by atoms with Crippen LogP contribution in [0.15, 0.2) is 48.5 Å². The first-order valence-electron chi connectivity index (χ1n) is 9.13. The van der Waals surface area contributed by atoms with E-state index >= 15 is 0 Å². The molecule has 25 heavy (non-hydrogen) atoms. The number of fused-ring (bicyclic) bond motifs is 3. The van der Waals surface area contributed by atoms with Crippen molar-refractivity contribution in [2.45, 2.75) is 44.8 Å². The topological polar surface area (TPSA) is 23.6 Å². The molecule has 2 aliphatic heterocycles. The summed E-state index contributed by atoms with van der Waals surface area (Å²) in [4.78, 5) is 16.6. The fraction of sp³-hybridized carbons (Fsp3) is 0.409. The van der Waals surface area contributed by atoms with Gasteiger partial charge in [0, 0.05) is 37.7 Å². The van der Waals surface area contributed by atoms with Gasteiger partial charge in [-0.25, -0.2) is 0 Å². The molecule has 0 aromatic heterocycles. The zero-order valence-corrected chi connectivity index (χ0v) is 15.3. The zero-order valence-electron chi connectivity index (χ0n) is 15.3. The van der Waals surface area contributed by atoms with Crippen LogP contribution in [-0.4, -0.2) is 30.4 Å². The zero-order chi connectivity index (χ0) is 17.6. The number of ketones is 1. The molecule has 4 rings (SSSR count). The minimum atomic E-state index is 0.131. The van der Waals surface area contributed by atoms with Crippen molar-refractivity contribution >= 4 is 11.5 Å². The van der Waals surface area contributed by atoms with Gasteiger partial charge in [-0.05, 0) is 36.1 Å². The van der Waals surface area contributed by atoms with Crippen molar-refractivity contribution in [2.24, 2.45) is 0 Å².